The van der Waals surface area contributed by atoms with Crippen LogP contribution in [-0.2, 0) is 11.2 Å². The van der Waals surface area contributed by atoms with Gasteiger partial charge in [-0.3, -0.25) is 4.79 Å². The Morgan fingerprint density at radius 2 is 2.27 bits per heavy atom. The van der Waals surface area contributed by atoms with Crippen molar-refractivity contribution in [3.8, 4) is 0 Å². The van der Waals surface area contributed by atoms with E-state index in [0.29, 0.717) is 6.42 Å². The fraction of sp³-hybridized carbons (Fsp3) is 0.545. The third-order valence-electron chi connectivity index (χ3n) is 2.27. The van der Waals surface area contributed by atoms with E-state index in [1.165, 1.54) is 0 Å². The zero-order valence-electron chi connectivity index (χ0n) is 8.56. The van der Waals surface area contributed by atoms with E-state index in [9.17, 15) is 4.79 Å². The number of carbonyl (C=O) groups is 1. The molecule has 15 heavy (non-hydrogen) atoms. The molecule has 0 saturated heterocycles. The molecule has 0 aliphatic heterocycles. The number of carboxylic acid groups (broad SMARTS) is 1. The molecule has 0 aliphatic carbocycles. The predicted molar refractivity (Wildman–Crippen MR) is 61.3 cm³/mol. The van der Waals surface area contributed by atoms with Crippen LogP contribution in [0.15, 0.2) is 22.8 Å². The third kappa shape index (κ3) is 4.93. The standard InChI is InChI=1S/C11H16O3S/c12-11(13)10(15)7-3-1-2-5-9-6-4-8-14-9/h4,6,8,10,15H,1-3,5,7H2,(H,12,13). The molecule has 1 aromatic rings. The summed E-state index contributed by atoms with van der Waals surface area (Å²) < 4.78 is 5.19. The van der Waals surface area contributed by atoms with Crippen LogP contribution in [0.3, 0.4) is 0 Å². The summed E-state index contributed by atoms with van der Waals surface area (Å²) in [5, 5.41) is 8.08. The SMILES string of the molecule is O=C(O)C(S)CCCCCc1ccco1. The first-order valence-electron chi connectivity index (χ1n) is 5.13. The number of hydrogen-bond donors (Lipinski definition) is 2. The number of furan rings is 1. The van der Waals surface area contributed by atoms with E-state index in [2.05, 4.69) is 12.6 Å². The molecule has 1 atom stereocenters. The maximum Gasteiger partial charge on any atom is 0.316 e. The Balaban J connectivity index is 2.00. The van der Waals surface area contributed by atoms with Crippen LogP contribution in [0.2, 0.25) is 0 Å². The normalized spacial score (nSPS) is 12.6. The van der Waals surface area contributed by atoms with Crippen LogP contribution in [0.4, 0.5) is 0 Å². The monoisotopic (exact) mass is 228 g/mol. The molecular weight excluding hydrogens is 212 g/mol. The summed E-state index contributed by atoms with van der Waals surface area (Å²) in [6.07, 6.45) is 6.19. The summed E-state index contributed by atoms with van der Waals surface area (Å²) in [5.74, 6) is 0.167. The van der Waals surface area contributed by atoms with Crippen LogP contribution in [0.1, 0.15) is 31.4 Å². The molecule has 1 unspecified atom stereocenters. The van der Waals surface area contributed by atoms with E-state index < -0.39 is 11.2 Å². The summed E-state index contributed by atoms with van der Waals surface area (Å²) in [6, 6.07) is 3.84. The fourth-order valence-electron chi connectivity index (χ4n) is 1.39. The Morgan fingerprint density at radius 1 is 1.47 bits per heavy atom. The molecule has 1 heterocycles. The molecule has 4 heteroatoms. The summed E-state index contributed by atoms with van der Waals surface area (Å²) in [7, 11) is 0. The van der Waals surface area contributed by atoms with Gasteiger partial charge in [0, 0.05) is 6.42 Å². The highest BCUT2D eigenvalue weighted by Crippen LogP contribution is 2.11. The van der Waals surface area contributed by atoms with Crippen molar-refractivity contribution in [2.75, 3.05) is 0 Å². The molecule has 84 valence electrons. The average molecular weight is 228 g/mol. The van der Waals surface area contributed by atoms with Crippen LogP contribution in [0, 0.1) is 0 Å². The van der Waals surface area contributed by atoms with E-state index in [0.717, 1.165) is 31.4 Å². The lowest BCUT2D eigenvalue weighted by Crippen LogP contribution is -2.12. The molecule has 1 rings (SSSR count). The first-order valence-corrected chi connectivity index (χ1v) is 5.65. The van der Waals surface area contributed by atoms with Crippen molar-refractivity contribution in [1.29, 1.82) is 0 Å². The van der Waals surface area contributed by atoms with Crippen molar-refractivity contribution in [3.05, 3.63) is 24.2 Å². The Morgan fingerprint density at radius 3 is 2.87 bits per heavy atom. The quantitative estimate of drug-likeness (QED) is 0.557. The van der Waals surface area contributed by atoms with Crippen molar-refractivity contribution < 1.29 is 14.3 Å². The maximum absolute atomic E-state index is 10.5. The van der Waals surface area contributed by atoms with Crippen LogP contribution in [-0.4, -0.2) is 16.3 Å². The number of carboxylic acids is 1. The molecule has 0 radical (unpaired) electrons. The van der Waals surface area contributed by atoms with Gasteiger partial charge < -0.3 is 9.52 Å². The molecule has 1 aromatic heterocycles. The van der Waals surface area contributed by atoms with Gasteiger partial charge in [0.2, 0.25) is 0 Å². The summed E-state index contributed by atoms with van der Waals surface area (Å²) >= 11 is 3.97. The van der Waals surface area contributed by atoms with Gasteiger partial charge in [-0.2, -0.15) is 12.6 Å². The van der Waals surface area contributed by atoms with Gasteiger partial charge in [0.05, 0.1) is 11.5 Å². The van der Waals surface area contributed by atoms with E-state index in [1.807, 2.05) is 12.1 Å². The van der Waals surface area contributed by atoms with Crippen LogP contribution in [0.5, 0.6) is 0 Å². The predicted octanol–water partition coefficient (Wildman–Crippen LogP) is 2.77. The zero-order chi connectivity index (χ0) is 11.1. The fourth-order valence-corrected chi connectivity index (χ4v) is 1.57. The molecule has 0 amide bonds. The number of aliphatic carboxylic acids is 1. The Labute approximate surface area is 94.9 Å². The second-order valence-corrected chi connectivity index (χ2v) is 4.16. The largest absolute Gasteiger partial charge is 0.480 e. The highest BCUT2D eigenvalue weighted by Gasteiger charge is 2.10. The van der Waals surface area contributed by atoms with Crippen LogP contribution in [0.25, 0.3) is 0 Å². The van der Waals surface area contributed by atoms with E-state index in [-0.39, 0.29) is 0 Å². The minimum Gasteiger partial charge on any atom is -0.480 e. The molecule has 0 aliphatic rings. The lowest BCUT2D eigenvalue weighted by atomic mass is 10.1. The molecular formula is C11H16O3S. The van der Waals surface area contributed by atoms with Crippen molar-refractivity contribution in [1.82, 2.24) is 0 Å². The van der Waals surface area contributed by atoms with Gasteiger partial charge in [0.25, 0.3) is 0 Å². The van der Waals surface area contributed by atoms with E-state index in [1.54, 1.807) is 6.26 Å². The summed E-state index contributed by atoms with van der Waals surface area (Å²) in [4.78, 5) is 10.5. The van der Waals surface area contributed by atoms with Gasteiger partial charge in [-0.15, -0.1) is 0 Å². The average Bonchev–Trinajstić information content (AvgIpc) is 2.69. The molecule has 0 bridgehead atoms. The summed E-state index contributed by atoms with van der Waals surface area (Å²) in [5.41, 5.74) is 0. The van der Waals surface area contributed by atoms with Crippen molar-refractivity contribution >= 4 is 18.6 Å². The molecule has 0 fully saturated rings. The smallest absolute Gasteiger partial charge is 0.316 e. The van der Waals surface area contributed by atoms with Crippen molar-refractivity contribution in [3.63, 3.8) is 0 Å². The Hall–Kier alpha value is -0.900. The highest BCUT2D eigenvalue weighted by atomic mass is 32.1. The van der Waals surface area contributed by atoms with Crippen LogP contribution >= 0.6 is 12.6 Å². The first kappa shape index (κ1) is 12.2. The topological polar surface area (TPSA) is 50.4 Å². The second kappa shape index (κ2) is 6.56. The highest BCUT2D eigenvalue weighted by molar-refractivity contribution is 7.81. The number of unbranched alkanes of at least 4 members (excludes halogenated alkanes) is 2. The van der Waals surface area contributed by atoms with Crippen molar-refractivity contribution in [2.24, 2.45) is 0 Å². The molecule has 0 spiro atoms. The van der Waals surface area contributed by atoms with E-state index in [4.69, 9.17) is 9.52 Å². The lowest BCUT2D eigenvalue weighted by molar-refractivity contribution is -0.136. The van der Waals surface area contributed by atoms with Crippen LogP contribution < -0.4 is 0 Å². The minimum absolute atomic E-state index is 0.520. The molecule has 0 aromatic carbocycles. The maximum atomic E-state index is 10.5. The number of aryl methyl sites for hydroxylation is 1. The lowest BCUT2D eigenvalue weighted by Gasteiger charge is -2.04. The number of thiol groups is 1. The molecule has 3 nitrogen and oxygen atoms in total. The second-order valence-electron chi connectivity index (χ2n) is 3.53. The van der Waals surface area contributed by atoms with Gasteiger partial charge in [-0.25, -0.2) is 0 Å². The number of hydrogen-bond acceptors (Lipinski definition) is 3. The number of rotatable bonds is 7. The van der Waals surface area contributed by atoms with Crippen molar-refractivity contribution in [2.45, 2.75) is 37.4 Å². The Kier molecular flexibility index (Phi) is 5.32. The van der Waals surface area contributed by atoms with Gasteiger partial charge in [-0.05, 0) is 25.0 Å². The molecule has 1 N–H and O–H groups in total. The summed E-state index contributed by atoms with van der Waals surface area (Å²) in [6.45, 7) is 0. The zero-order valence-corrected chi connectivity index (χ0v) is 9.45. The van der Waals surface area contributed by atoms with E-state index >= 15 is 0 Å². The van der Waals surface area contributed by atoms with Gasteiger partial charge >= 0.3 is 5.97 Å². The van der Waals surface area contributed by atoms with Gasteiger partial charge in [0.1, 0.15) is 5.76 Å². The van der Waals surface area contributed by atoms with Gasteiger partial charge in [0.15, 0.2) is 0 Å². The Bertz CT molecular complexity index is 282. The molecule has 0 saturated carbocycles. The van der Waals surface area contributed by atoms with Gasteiger partial charge in [-0.1, -0.05) is 12.8 Å². The third-order valence-corrected chi connectivity index (χ3v) is 2.74. The minimum atomic E-state index is -0.829. The first-order chi connectivity index (χ1) is 7.20.